The highest BCUT2D eigenvalue weighted by Crippen LogP contribution is 2.24. The van der Waals surface area contributed by atoms with Crippen molar-refractivity contribution in [3.05, 3.63) is 28.2 Å². The number of halogens is 1. The Labute approximate surface area is 85.6 Å². The molecule has 0 aliphatic rings. The number of ether oxygens (including phenoxy) is 1. The minimum Gasteiger partial charge on any atom is -0.374 e. The molecule has 0 atom stereocenters. The maximum atomic E-state index is 4.98. The van der Waals surface area contributed by atoms with Gasteiger partial charge in [0.25, 0.3) is 0 Å². The van der Waals surface area contributed by atoms with E-state index in [4.69, 9.17) is 4.74 Å². The minimum atomic E-state index is 0.711. The molecule has 0 aliphatic heterocycles. The molecule has 0 aromatic heterocycles. The molecule has 0 saturated carbocycles. The summed E-state index contributed by atoms with van der Waals surface area (Å²) in [5, 5.41) is 0. The van der Waals surface area contributed by atoms with Crippen molar-refractivity contribution in [2.24, 2.45) is 0 Å². The van der Waals surface area contributed by atoms with Crippen LogP contribution in [-0.2, 0) is 4.74 Å². The van der Waals surface area contributed by atoms with Crippen molar-refractivity contribution in [2.45, 2.75) is 11.8 Å². The van der Waals surface area contributed by atoms with Crippen molar-refractivity contribution >= 4 is 27.7 Å². The summed E-state index contributed by atoms with van der Waals surface area (Å²) in [6.45, 7) is 2.10. The van der Waals surface area contributed by atoms with Gasteiger partial charge in [0.2, 0.25) is 0 Å². The normalized spacial score (nSPS) is 10.2. The number of benzene rings is 1. The summed E-state index contributed by atoms with van der Waals surface area (Å²) in [6, 6.07) is 6.26. The van der Waals surface area contributed by atoms with Crippen molar-refractivity contribution < 1.29 is 4.74 Å². The Hall–Kier alpha value is 0.01000. The Kier molecular flexibility index (Phi) is 4.12. The van der Waals surface area contributed by atoms with E-state index in [1.54, 1.807) is 18.9 Å². The Bertz CT molecular complexity index is 263. The second-order valence-corrected chi connectivity index (χ2v) is 4.34. The standard InChI is InChI=1S/C9H11BrOS/c1-7-5-8(10)3-4-9(7)12-6-11-2/h3-5H,6H2,1-2H3. The topological polar surface area (TPSA) is 9.23 Å². The molecule has 0 saturated heterocycles. The molecule has 0 heterocycles. The molecule has 0 fully saturated rings. The zero-order valence-electron chi connectivity index (χ0n) is 7.13. The lowest BCUT2D eigenvalue weighted by Crippen LogP contribution is -1.84. The summed E-state index contributed by atoms with van der Waals surface area (Å²) < 4.78 is 6.11. The summed E-state index contributed by atoms with van der Waals surface area (Å²) in [5.74, 6) is 0.711. The van der Waals surface area contributed by atoms with Gasteiger partial charge in [-0.05, 0) is 30.7 Å². The Morgan fingerprint density at radius 1 is 1.50 bits per heavy atom. The van der Waals surface area contributed by atoms with Crippen LogP contribution in [0.4, 0.5) is 0 Å². The third kappa shape index (κ3) is 2.81. The zero-order valence-corrected chi connectivity index (χ0v) is 9.54. The first kappa shape index (κ1) is 10.1. The van der Waals surface area contributed by atoms with Gasteiger partial charge in [-0.15, -0.1) is 0 Å². The third-order valence-corrected chi connectivity index (χ3v) is 3.09. The van der Waals surface area contributed by atoms with Crippen molar-refractivity contribution in [2.75, 3.05) is 13.0 Å². The number of thioether (sulfide) groups is 1. The van der Waals surface area contributed by atoms with Crippen LogP contribution in [-0.4, -0.2) is 13.0 Å². The van der Waals surface area contributed by atoms with Gasteiger partial charge in [-0.3, -0.25) is 0 Å². The van der Waals surface area contributed by atoms with Crippen LogP contribution in [0.1, 0.15) is 5.56 Å². The summed E-state index contributed by atoms with van der Waals surface area (Å²) in [6.07, 6.45) is 0. The second-order valence-electron chi connectivity index (χ2n) is 2.46. The molecular weight excluding hydrogens is 236 g/mol. The molecule has 0 N–H and O–H groups in total. The van der Waals surface area contributed by atoms with E-state index >= 15 is 0 Å². The van der Waals surface area contributed by atoms with Crippen molar-refractivity contribution in [3.8, 4) is 0 Å². The molecule has 0 spiro atoms. The van der Waals surface area contributed by atoms with Gasteiger partial charge < -0.3 is 4.74 Å². The molecule has 66 valence electrons. The summed E-state index contributed by atoms with van der Waals surface area (Å²) in [7, 11) is 1.71. The highest BCUT2D eigenvalue weighted by Gasteiger charge is 1.98. The second kappa shape index (κ2) is 4.90. The number of rotatable bonds is 3. The molecule has 0 amide bonds. The van der Waals surface area contributed by atoms with Gasteiger partial charge >= 0.3 is 0 Å². The largest absolute Gasteiger partial charge is 0.374 e. The van der Waals surface area contributed by atoms with E-state index in [0.717, 1.165) is 4.47 Å². The highest BCUT2D eigenvalue weighted by atomic mass is 79.9. The van der Waals surface area contributed by atoms with Crippen LogP contribution >= 0.6 is 27.7 Å². The maximum absolute atomic E-state index is 4.98. The molecule has 0 bridgehead atoms. The summed E-state index contributed by atoms with van der Waals surface area (Å²) >= 11 is 5.14. The van der Waals surface area contributed by atoms with Crippen molar-refractivity contribution in [3.63, 3.8) is 0 Å². The minimum absolute atomic E-state index is 0.711. The van der Waals surface area contributed by atoms with E-state index < -0.39 is 0 Å². The molecule has 0 radical (unpaired) electrons. The first-order valence-electron chi connectivity index (χ1n) is 3.62. The quantitative estimate of drug-likeness (QED) is 0.597. The molecule has 1 rings (SSSR count). The summed E-state index contributed by atoms with van der Waals surface area (Å²) in [5.41, 5.74) is 1.28. The number of aryl methyl sites for hydroxylation is 1. The van der Waals surface area contributed by atoms with Crippen LogP contribution in [0.5, 0.6) is 0 Å². The van der Waals surface area contributed by atoms with E-state index in [2.05, 4.69) is 35.0 Å². The van der Waals surface area contributed by atoms with Crippen LogP contribution in [0, 0.1) is 6.92 Å². The van der Waals surface area contributed by atoms with Crippen LogP contribution in [0.2, 0.25) is 0 Å². The van der Waals surface area contributed by atoms with Crippen LogP contribution in [0.15, 0.2) is 27.6 Å². The fourth-order valence-corrected chi connectivity index (χ4v) is 2.07. The Balaban J connectivity index is 2.72. The average molecular weight is 247 g/mol. The molecule has 0 unspecified atom stereocenters. The lowest BCUT2D eigenvalue weighted by atomic mass is 10.2. The summed E-state index contributed by atoms with van der Waals surface area (Å²) in [4.78, 5) is 1.28. The smallest absolute Gasteiger partial charge is 0.0963 e. The first-order chi connectivity index (χ1) is 5.74. The zero-order chi connectivity index (χ0) is 8.97. The average Bonchev–Trinajstić information content (AvgIpc) is 2.03. The van der Waals surface area contributed by atoms with Crippen molar-refractivity contribution in [1.29, 1.82) is 0 Å². The van der Waals surface area contributed by atoms with Crippen LogP contribution < -0.4 is 0 Å². The molecule has 3 heteroatoms. The van der Waals surface area contributed by atoms with Crippen LogP contribution in [0.25, 0.3) is 0 Å². The van der Waals surface area contributed by atoms with Gasteiger partial charge in [-0.25, -0.2) is 0 Å². The van der Waals surface area contributed by atoms with E-state index in [-0.39, 0.29) is 0 Å². The molecule has 0 aliphatic carbocycles. The van der Waals surface area contributed by atoms with E-state index in [0.29, 0.717) is 5.94 Å². The number of hydrogen-bond donors (Lipinski definition) is 0. The van der Waals surface area contributed by atoms with Gasteiger partial charge in [0, 0.05) is 16.5 Å². The fraction of sp³-hybridized carbons (Fsp3) is 0.333. The van der Waals surface area contributed by atoms with E-state index in [1.165, 1.54) is 10.5 Å². The maximum Gasteiger partial charge on any atom is 0.0963 e. The molecule has 1 nitrogen and oxygen atoms in total. The van der Waals surface area contributed by atoms with Gasteiger partial charge in [-0.2, -0.15) is 0 Å². The number of hydrogen-bond acceptors (Lipinski definition) is 2. The van der Waals surface area contributed by atoms with Gasteiger partial charge in [0.05, 0.1) is 5.94 Å². The van der Waals surface area contributed by atoms with E-state index in [1.807, 2.05) is 6.07 Å². The Morgan fingerprint density at radius 3 is 2.83 bits per heavy atom. The SMILES string of the molecule is COCSc1ccc(Br)cc1C. The van der Waals surface area contributed by atoms with Gasteiger partial charge in [0.1, 0.15) is 0 Å². The van der Waals surface area contributed by atoms with Crippen molar-refractivity contribution in [1.82, 2.24) is 0 Å². The third-order valence-electron chi connectivity index (χ3n) is 1.47. The van der Waals surface area contributed by atoms with Gasteiger partial charge in [0.15, 0.2) is 0 Å². The predicted molar refractivity (Wildman–Crippen MR) is 56.6 cm³/mol. The number of methoxy groups -OCH3 is 1. The van der Waals surface area contributed by atoms with Crippen LogP contribution in [0.3, 0.4) is 0 Å². The van der Waals surface area contributed by atoms with Gasteiger partial charge in [-0.1, -0.05) is 27.7 Å². The fourth-order valence-electron chi connectivity index (χ4n) is 0.897. The monoisotopic (exact) mass is 246 g/mol. The highest BCUT2D eigenvalue weighted by molar-refractivity contribution is 9.10. The lowest BCUT2D eigenvalue weighted by molar-refractivity contribution is 0.259. The first-order valence-corrected chi connectivity index (χ1v) is 5.40. The molecule has 1 aromatic rings. The molecular formula is C9H11BrOS. The molecule has 12 heavy (non-hydrogen) atoms. The Morgan fingerprint density at radius 2 is 2.25 bits per heavy atom. The predicted octanol–water partition coefficient (Wildman–Crippen LogP) is 3.45. The van der Waals surface area contributed by atoms with E-state index in [9.17, 15) is 0 Å². The lowest BCUT2D eigenvalue weighted by Gasteiger charge is -2.04. The molecule has 1 aromatic carbocycles.